The van der Waals surface area contributed by atoms with Gasteiger partial charge in [0, 0.05) is 19.8 Å². The number of nitrogens with one attached hydrogen (secondary N) is 2. The molecule has 0 fully saturated rings. The Balaban J connectivity index is 2.38. The van der Waals surface area contributed by atoms with Crippen molar-refractivity contribution in [2.75, 3.05) is 4.72 Å². The van der Waals surface area contributed by atoms with Crippen LogP contribution in [0.5, 0.6) is 0 Å². The minimum atomic E-state index is -3.85. The minimum Gasteiger partial charge on any atom is -0.384 e. The normalized spacial score (nSPS) is 11.5. The number of rotatable bonds is 5. The average molecular weight is 297 g/mol. The summed E-state index contributed by atoms with van der Waals surface area (Å²) in [6.07, 6.45) is 4.18. The number of nitrogens with zero attached hydrogens (tertiary/aromatic N) is 4. The van der Waals surface area contributed by atoms with Gasteiger partial charge in [0.2, 0.25) is 0 Å². The van der Waals surface area contributed by atoms with E-state index in [-0.39, 0.29) is 22.2 Å². The number of nitrogens with two attached hydrogens (primary N) is 1. The Morgan fingerprint density at radius 3 is 2.80 bits per heavy atom. The zero-order valence-electron chi connectivity index (χ0n) is 11.0. The highest BCUT2D eigenvalue weighted by Gasteiger charge is 2.22. The number of hydrogen-bond acceptors (Lipinski definition) is 5. The largest absolute Gasteiger partial charge is 0.384 e. The van der Waals surface area contributed by atoms with E-state index in [0.717, 1.165) is 0 Å². The highest BCUT2D eigenvalue weighted by molar-refractivity contribution is 7.92. The van der Waals surface area contributed by atoms with Gasteiger partial charge in [-0.25, -0.2) is 4.98 Å². The molecule has 20 heavy (non-hydrogen) atoms. The van der Waals surface area contributed by atoms with Crippen LogP contribution in [0.15, 0.2) is 23.7 Å². The Morgan fingerprint density at radius 2 is 2.25 bits per heavy atom. The van der Waals surface area contributed by atoms with Crippen LogP contribution in [-0.2, 0) is 23.6 Å². The van der Waals surface area contributed by atoms with Gasteiger partial charge in [0.25, 0.3) is 10.0 Å². The molecule has 108 valence electrons. The van der Waals surface area contributed by atoms with E-state index in [4.69, 9.17) is 11.1 Å². The van der Waals surface area contributed by atoms with Crippen LogP contribution >= 0.6 is 0 Å². The lowest BCUT2D eigenvalue weighted by Crippen LogP contribution is -2.20. The lowest BCUT2D eigenvalue weighted by atomic mass is 10.3. The molecule has 2 rings (SSSR count). The van der Waals surface area contributed by atoms with Gasteiger partial charge in [0.15, 0.2) is 5.03 Å². The fourth-order valence-electron chi connectivity index (χ4n) is 1.59. The Hall–Kier alpha value is -2.36. The lowest BCUT2D eigenvalue weighted by molar-refractivity contribution is 0.597. The first-order chi connectivity index (χ1) is 9.35. The number of hydrogen-bond donors (Lipinski definition) is 3. The number of imidazole rings is 1. The van der Waals surface area contributed by atoms with E-state index in [2.05, 4.69) is 14.8 Å². The molecule has 0 saturated heterocycles. The summed E-state index contributed by atoms with van der Waals surface area (Å²) in [5, 5.41) is 11.2. The maximum atomic E-state index is 12.2. The molecule has 4 N–H and O–H groups in total. The quantitative estimate of drug-likeness (QED) is 0.516. The molecule has 2 heterocycles. The third-order valence-corrected chi connectivity index (χ3v) is 3.93. The molecule has 0 bridgehead atoms. The predicted molar refractivity (Wildman–Crippen MR) is 72.9 cm³/mol. The highest BCUT2D eigenvalue weighted by Crippen LogP contribution is 2.18. The van der Waals surface area contributed by atoms with E-state index < -0.39 is 10.0 Å². The second-order valence-corrected chi connectivity index (χ2v) is 5.72. The maximum absolute atomic E-state index is 12.2. The standard InChI is InChI=1S/C10H15N7O2S/c1-3-17-5-8(13-6-17)20(18,19)15-10-7(9(11)12)4-14-16(10)2/h4-6,15H,3H2,1-2H3,(H3,11,12). The first-order valence-electron chi connectivity index (χ1n) is 5.76. The van der Waals surface area contributed by atoms with Crippen LogP contribution in [0.3, 0.4) is 0 Å². The Kier molecular flexibility index (Phi) is 3.49. The zero-order valence-corrected chi connectivity index (χ0v) is 11.8. The molecule has 0 radical (unpaired) electrons. The van der Waals surface area contributed by atoms with Crippen LogP contribution in [0.2, 0.25) is 0 Å². The molecule has 10 heteroatoms. The number of sulfonamides is 1. The first kappa shape index (κ1) is 14.1. The van der Waals surface area contributed by atoms with Crippen LogP contribution < -0.4 is 10.5 Å². The van der Waals surface area contributed by atoms with Crippen LogP contribution in [0, 0.1) is 5.41 Å². The molecule has 0 aliphatic carbocycles. The van der Waals surface area contributed by atoms with Gasteiger partial charge in [-0.2, -0.15) is 13.5 Å². The van der Waals surface area contributed by atoms with Crippen molar-refractivity contribution in [2.24, 2.45) is 12.8 Å². The summed E-state index contributed by atoms with van der Waals surface area (Å²) in [5.74, 6) is -0.140. The van der Waals surface area contributed by atoms with Gasteiger partial charge >= 0.3 is 0 Å². The lowest BCUT2D eigenvalue weighted by Gasteiger charge is -2.08. The van der Waals surface area contributed by atoms with Crippen LogP contribution in [0.1, 0.15) is 12.5 Å². The monoisotopic (exact) mass is 297 g/mol. The summed E-state index contributed by atoms with van der Waals surface area (Å²) in [7, 11) is -2.30. The summed E-state index contributed by atoms with van der Waals surface area (Å²) in [5.41, 5.74) is 5.60. The molecule has 0 aliphatic rings. The molecule has 0 aromatic carbocycles. The smallest absolute Gasteiger partial charge is 0.282 e. The Morgan fingerprint density at radius 1 is 1.55 bits per heavy atom. The van der Waals surface area contributed by atoms with Gasteiger partial charge in [0.1, 0.15) is 11.7 Å². The minimum absolute atomic E-state index is 0.102. The topological polar surface area (TPSA) is 132 Å². The van der Waals surface area contributed by atoms with Gasteiger partial charge in [-0.3, -0.25) is 14.8 Å². The molecule has 2 aromatic rings. The van der Waals surface area contributed by atoms with E-state index in [1.54, 1.807) is 11.6 Å². The second kappa shape index (κ2) is 4.96. The second-order valence-electron chi connectivity index (χ2n) is 4.09. The molecular formula is C10H15N7O2S. The fraction of sp³-hybridized carbons (Fsp3) is 0.300. The van der Waals surface area contributed by atoms with Crippen LogP contribution in [-0.4, -0.2) is 33.6 Å². The highest BCUT2D eigenvalue weighted by atomic mass is 32.2. The van der Waals surface area contributed by atoms with E-state index in [0.29, 0.717) is 6.54 Å². The van der Waals surface area contributed by atoms with Crippen molar-refractivity contribution in [1.82, 2.24) is 19.3 Å². The maximum Gasteiger partial charge on any atom is 0.282 e. The van der Waals surface area contributed by atoms with Crippen molar-refractivity contribution in [3.05, 3.63) is 24.3 Å². The molecule has 0 unspecified atom stereocenters. The van der Waals surface area contributed by atoms with Crippen molar-refractivity contribution in [2.45, 2.75) is 18.5 Å². The summed E-state index contributed by atoms with van der Waals surface area (Å²) < 4.78 is 29.7. The van der Waals surface area contributed by atoms with Gasteiger partial charge in [-0.1, -0.05) is 0 Å². The average Bonchev–Trinajstić information content (AvgIpc) is 2.97. The van der Waals surface area contributed by atoms with Gasteiger partial charge < -0.3 is 10.3 Å². The van der Waals surface area contributed by atoms with Crippen molar-refractivity contribution in [3.8, 4) is 0 Å². The van der Waals surface area contributed by atoms with E-state index in [1.165, 1.54) is 23.4 Å². The molecule has 2 aromatic heterocycles. The van der Waals surface area contributed by atoms with Crippen molar-refractivity contribution in [1.29, 1.82) is 5.41 Å². The van der Waals surface area contributed by atoms with Crippen LogP contribution in [0.25, 0.3) is 0 Å². The SMILES string of the molecule is CCn1cnc(S(=O)(=O)Nc2c(C(=N)N)cnn2C)c1. The van der Waals surface area contributed by atoms with Gasteiger partial charge in [0.05, 0.1) is 18.1 Å². The predicted octanol–water partition coefficient (Wildman–Crippen LogP) is -0.279. The zero-order chi connectivity index (χ0) is 14.9. The summed E-state index contributed by atoms with van der Waals surface area (Å²) in [6, 6.07) is 0. The third-order valence-electron chi connectivity index (χ3n) is 2.71. The number of aryl methyl sites for hydroxylation is 2. The Bertz CT molecular complexity index is 743. The molecular weight excluding hydrogens is 282 g/mol. The number of anilines is 1. The van der Waals surface area contributed by atoms with Crippen molar-refractivity contribution in [3.63, 3.8) is 0 Å². The molecule has 0 aliphatic heterocycles. The number of aromatic nitrogens is 4. The van der Waals surface area contributed by atoms with E-state index in [9.17, 15) is 8.42 Å². The molecule has 0 amide bonds. The number of nitrogen functional groups attached to an aromatic ring is 1. The van der Waals surface area contributed by atoms with Crippen LogP contribution in [0.4, 0.5) is 5.82 Å². The molecule has 0 saturated carbocycles. The summed E-state index contributed by atoms with van der Waals surface area (Å²) >= 11 is 0. The molecule has 0 atom stereocenters. The Labute approximate surface area is 116 Å². The van der Waals surface area contributed by atoms with Gasteiger partial charge in [-0.15, -0.1) is 0 Å². The van der Waals surface area contributed by atoms with Gasteiger partial charge in [-0.05, 0) is 6.92 Å². The van der Waals surface area contributed by atoms with Crippen molar-refractivity contribution >= 4 is 21.7 Å². The molecule has 0 spiro atoms. The summed E-state index contributed by atoms with van der Waals surface area (Å²) in [4.78, 5) is 3.84. The van der Waals surface area contributed by atoms with E-state index >= 15 is 0 Å². The summed E-state index contributed by atoms with van der Waals surface area (Å²) in [6.45, 7) is 2.49. The first-order valence-corrected chi connectivity index (χ1v) is 7.24. The number of amidine groups is 1. The molecule has 9 nitrogen and oxygen atoms in total. The fourth-order valence-corrected chi connectivity index (χ4v) is 2.65. The van der Waals surface area contributed by atoms with Crippen molar-refractivity contribution < 1.29 is 8.42 Å². The third kappa shape index (κ3) is 2.50. The van der Waals surface area contributed by atoms with E-state index in [1.807, 2.05) is 6.92 Å².